The van der Waals surface area contributed by atoms with Crippen LogP contribution in [-0.2, 0) is 0 Å². The molecule has 6 heteroatoms. The van der Waals surface area contributed by atoms with E-state index in [9.17, 15) is 0 Å². The van der Waals surface area contributed by atoms with Gasteiger partial charge in [-0.2, -0.15) is 0 Å². The van der Waals surface area contributed by atoms with Gasteiger partial charge >= 0.3 is 0 Å². The van der Waals surface area contributed by atoms with E-state index in [0.717, 1.165) is 17.1 Å². The van der Waals surface area contributed by atoms with E-state index in [1.165, 1.54) is 0 Å². The fraction of sp³-hybridized carbons (Fsp3) is 0.333. The van der Waals surface area contributed by atoms with E-state index in [1.807, 2.05) is 36.4 Å². The average Bonchev–Trinajstić information content (AvgIpc) is 2.87. The van der Waals surface area contributed by atoms with Crippen LogP contribution in [0.2, 0.25) is 10.0 Å². The minimum absolute atomic E-state index is 0.0397. The number of para-hydroxylation sites is 1. The Labute approximate surface area is 194 Å². The Hall–Kier alpha value is -1.88. The van der Waals surface area contributed by atoms with E-state index < -0.39 is 0 Å². The van der Waals surface area contributed by atoms with Crippen LogP contribution in [-0.4, -0.2) is 22.5 Å². The average molecular weight is 461 g/mol. The molecule has 0 amide bonds. The molecule has 1 aliphatic heterocycles. The van der Waals surface area contributed by atoms with Crippen LogP contribution in [0.25, 0.3) is 6.08 Å². The summed E-state index contributed by atoms with van der Waals surface area (Å²) in [5, 5.41) is 5.35. The fourth-order valence-electron chi connectivity index (χ4n) is 3.46. The summed E-state index contributed by atoms with van der Waals surface area (Å²) in [5.41, 5.74) is 1.62. The van der Waals surface area contributed by atoms with Crippen molar-refractivity contribution in [1.29, 1.82) is 0 Å². The van der Waals surface area contributed by atoms with Gasteiger partial charge < -0.3 is 0 Å². The quantitative estimate of drug-likeness (QED) is 0.623. The highest BCUT2D eigenvalue weighted by Gasteiger charge is 2.48. The lowest BCUT2D eigenvalue weighted by Gasteiger charge is -2.29. The number of hydrogen-bond donors (Lipinski definition) is 2. The molecule has 3 rings (SSSR count). The number of amidine groups is 1. The molecule has 0 unspecified atom stereocenters. The van der Waals surface area contributed by atoms with Crippen LogP contribution in [0.3, 0.4) is 0 Å². The Morgan fingerprint density at radius 2 is 1.77 bits per heavy atom. The van der Waals surface area contributed by atoms with Gasteiger partial charge in [0.25, 0.3) is 10.9 Å². The van der Waals surface area contributed by atoms with Gasteiger partial charge in [0, 0.05) is 21.1 Å². The number of hydrogen-bond acceptors (Lipinski definition) is 1. The van der Waals surface area contributed by atoms with Crippen molar-refractivity contribution in [1.82, 2.24) is 5.32 Å². The Bertz CT molecular complexity index is 991. The van der Waals surface area contributed by atoms with Crippen molar-refractivity contribution in [2.24, 2.45) is 5.41 Å². The molecule has 0 radical (unpaired) electrons. The summed E-state index contributed by atoms with van der Waals surface area (Å²) in [5.74, 6) is 0.975. The third-order valence-electron chi connectivity index (χ3n) is 5.28. The number of anilines is 1. The molecule has 2 N–H and O–H groups in total. The Balaban J connectivity index is 1.96. The molecule has 3 nitrogen and oxygen atoms in total. The minimum Gasteiger partial charge on any atom is -0.282 e. The van der Waals surface area contributed by atoms with Gasteiger partial charge in [-0.15, -0.1) is 0 Å². The SMILES string of the molecule is CC(C)(C)[C@H](/C=C/c1ccc(Cl)cc1Cl)[NH+]=C1NC(=S)N(c2ccccc2)C1(C)C. The second kappa shape index (κ2) is 8.70. The van der Waals surface area contributed by atoms with Crippen LogP contribution in [0.5, 0.6) is 0 Å². The van der Waals surface area contributed by atoms with Crippen LogP contribution >= 0.6 is 35.4 Å². The summed E-state index contributed by atoms with van der Waals surface area (Å²) in [6.07, 6.45) is 4.19. The van der Waals surface area contributed by atoms with Crippen molar-refractivity contribution in [3.05, 3.63) is 70.2 Å². The van der Waals surface area contributed by atoms with E-state index in [4.69, 9.17) is 35.4 Å². The smallest absolute Gasteiger partial charge is 0.276 e. The standard InChI is InChI=1S/C24H27Cl2N3S/c1-23(2,3)20(14-12-16-11-13-17(25)15-19(16)26)27-21-24(4,5)29(22(30)28-21)18-9-7-6-8-10-18/h6-15,20H,1-5H3,(H,27,28,30)/p+1/b14-12+/t20-/m0/s1. The Kier molecular flexibility index (Phi) is 6.61. The fourth-order valence-corrected chi connectivity index (χ4v) is 4.36. The maximum absolute atomic E-state index is 6.35. The molecule has 0 bridgehead atoms. The lowest BCUT2D eigenvalue weighted by Crippen LogP contribution is -2.86. The zero-order chi connectivity index (χ0) is 22.1. The molecule has 158 valence electrons. The summed E-state index contributed by atoms with van der Waals surface area (Å²) < 4.78 is 0. The molecule has 2 aromatic rings. The summed E-state index contributed by atoms with van der Waals surface area (Å²) in [4.78, 5) is 5.84. The van der Waals surface area contributed by atoms with Gasteiger partial charge in [-0.3, -0.25) is 9.89 Å². The first-order valence-corrected chi connectivity index (χ1v) is 11.1. The van der Waals surface area contributed by atoms with Crippen molar-refractivity contribution in [2.45, 2.75) is 46.2 Å². The van der Waals surface area contributed by atoms with Gasteiger partial charge in [0.15, 0.2) is 0 Å². The van der Waals surface area contributed by atoms with Gasteiger partial charge in [0.1, 0.15) is 11.6 Å². The van der Waals surface area contributed by atoms with Crippen LogP contribution in [0, 0.1) is 5.41 Å². The predicted molar refractivity (Wildman–Crippen MR) is 133 cm³/mol. The number of halogens is 2. The zero-order valence-electron chi connectivity index (χ0n) is 18.0. The summed E-state index contributed by atoms with van der Waals surface area (Å²) in [6.45, 7) is 10.9. The Morgan fingerprint density at radius 1 is 1.10 bits per heavy atom. The van der Waals surface area contributed by atoms with E-state index in [1.54, 1.807) is 6.07 Å². The van der Waals surface area contributed by atoms with E-state index in [0.29, 0.717) is 15.2 Å². The van der Waals surface area contributed by atoms with Gasteiger partial charge in [-0.1, -0.05) is 74.3 Å². The normalized spacial score (nSPS) is 18.8. The molecule has 0 aromatic heterocycles. The van der Waals surface area contributed by atoms with Gasteiger partial charge in [0.05, 0.1) is 0 Å². The number of thiocarbonyl (C=S) groups is 1. The molecular formula is C24H28Cl2N3S+. The lowest BCUT2D eigenvalue weighted by atomic mass is 9.86. The van der Waals surface area contributed by atoms with Crippen LogP contribution in [0.15, 0.2) is 54.6 Å². The summed E-state index contributed by atoms with van der Waals surface area (Å²) in [6, 6.07) is 15.8. The minimum atomic E-state index is -0.340. The maximum Gasteiger partial charge on any atom is 0.276 e. The van der Waals surface area contributed by atoms with Crippen molar-refractivity contribution in [3.63, 3.8) is 0 Å². The first-order valence-electron chi connectivity index (χ1n) is 9.93. The second-order valence-electron chi connectivity index (χ2n) is 9.05. The van der Waals surface area contributed by atoms with Gasteiger partial charge in [-0.05, 0) is 62.0 Å². The summed E-state index contributed by atoms with van der Waals surface area (Å²) >= 11 is 18.0. The van der Waals surface area contributed by atoms with Gasteiger partial charge in [0.2, 0.25) is 0 Å². The highest BCUT2D eigenvalue weighted by Crippen LogP contribution is 2.28. The first-order chi connectivity index (χ1) is 14.0. The molecule has 1 saturated heterocycles. The van der Waals surface area contributed by atoms with Crippen molar-refractivity contribution < 1.29 is 4.99 Å². The van der Waals surface area contributed by atoms with E-state index in [2.05, 4.69) is 68.0 Å². The number of rotatable bonds is 4. The second-order valence-corrected chi connectivity index (χ2v) is 10.3. The van der Waals surface area contributed by atoms with Crippen LogP contribution in [0.4, 0.5) is 5.69 Å². The third kappa shape index (κ3) is 4.88. The topological polar surface area (TPSA) is 29.2 Å². The van der Waals surface area contributed by atoms with E-state index >= 15 is 0 Å². The van der Waals surface area contributed by atoms with Crippen molar-refractivity contribution in [3.8, 4) is 0 Å². The molecule has 1 aliphatic rings. The van der Waals surface area contributed by atoms with Crippen LogP contribution < -0.4 is 15.2 Å². The molecule has 1 fully saturated rings. The molecular weight excluding hydrogens is 433 g/mol. The van der Waals surface area contributed by atoms with E-state index in [-0.39, 0.29) is 17.0 Å². The molecule has 1 heterocycles. The van der Waals surface area contributed by atoms with Crippen molar-refractivity contribution >= 4 is 58.1 Å². The molecule has 1 atom stereocenters. The lowest BCUT2D eigenvalue weighted by molar-refractivity contribution is -0.510. The predicted octanol–water partition coefficient (Wildman–Crippen LogP) is 5.07. The zero-order valence-corrected chi connectivity index (χ0v) is 20.3. The number of nitrogens with zero attached hydrogens (tertiary/aromatic N) is 1. The highest BCUT2D eigenvalue weighted by atomic mass is 35.5. The van der Waals surface area contributed by atoms with Gasteiger partial charge in [-0.25, -0.2) is 5.32 Å². The molecule has 0 aliphatic carbocycles. The Morgan fingerprint density at radius 3 is 2.37 bits per heavy atom. The van der Waals surface area contributed by atoms with Crippen molar-refractivity contribution in [2.75, 3.05) is 4.90 Å². The highest BCUT2D eigenvalue weighted by molar-refractivity contribution is 7.80. The van der Waals surface area contributed by atoms with Crippen LogP contribution in [0.1, 0.15) is 40.2 Å². The molecule has 0 spiro atoms. The third-order valence-corrected chi connectivity index (χ3v) is 6.13. The largest absolute Gasteiger partial charge is 0.282 e. The number of nitrogens with one attached hydrogen (secondary N) is 2. The number of benzene rings is 2. The monoisotopic (exact) mass is 460 g/mol. The first kappa shape index (κ1) is 22.8. The molecule has 2 aromatic carbocycles. The maximum atomic E-state index is 6.35. The summed E-state index contributed by atoms with van der Waals surface area (Å²) in [7, 11) is 0. The molecule has 30 heavy (non-hydrogen) atoms. The molecule has 0 saturated carbocycles.